The highest BCUT2D eigenvalue weighted by atomic mass is 19.1. The van der Waals surface area contributed by atoms with Crippen molar-refractivity contribution in [2.45, 2.75) is 6.92 Å². The summed E-state index contributed by atoms with van der Waals surface area (Å²) in [6.45, 7) is 1.89. The van der Waals surface area contributed by atoms with E-state index in [4.69, 9.17) is 5.73 Å². The van der Waals surface area contributed by atoms with Crippen LogP contribution >= 0.6 is 0 Å². The number of carbonyl (C=O) groups excluding carboxylic acids is 1. The van der Waals surface area contributed by atoms with Crippen LogP contribution in [0.2, 0.25) is 0 Å². The summed E-state index contributed by atoms with van der Waals surface area (Å²) in [5.74, 6) is 4.45. The molecule has 3 N–H and O–H groups in total. The molecule has 0 aliphatic carbocycles. The molecule has 0 aliphatic heterocycles. The van der Waals surface area contributed by atoms with Gasteiger partial charge in [0.2, 0.25) is 0 Å². The van der Waals surface area contributed by atoms with E-state index in [9.17, 15) is 9.18 Å². The van der Waals surface area contributed by atoms with Gasteiger partial charge in [-0.05, 0) is 25.1 Å². The summed E-state index contributed by atoms with van der Waals surface area (Å²) in [6.07, 6.45) is 1.63. The molecule has 21 heavy (non-hydrogen) atoms. The maximum absolute atomic E-state index is 13.6. The first-order chi connectivity index (χ1) is 10.0. The predicted molar refractivity (Wildman–Crippen MR) is 78.2 cm³/mol. The normalized spacial score (nSPS) is 9.90. The average molecular weight is 286 g/mol. The van der Waals surface area contributed by atoms with Crippen molar-refractivity contribution in [3.05, 3.63) is 47.0 Å². The number of aryl methyl sites for hydroxylation is 2. The zero-order valence-corrected chi connectivity index (χ0v) is 11.8. The molecule has 0 bridgehead atoms. The number of benzene rings is 1. The number of nitrogens with zero attached hydrogens (tertiary/aromatic N) is 2. The van der Waals surface area contributed by atoms with E-state index in [-0.39, 0.29) is 18.0 Å². The molecule has 1 heterocycles. The molecule has 0 saturated carbocycles. The third kappa shape index (κ3) is 3.46. The minimum Gasteiger partial charge on any atom is -0.322 e. The smallest absolute Gasteiger partial charge is 0.259 e. The number of anilines is 1. The number of rotatable bonds is 2. The Morgan fingerprint density at radius 3 is 2.90 bits per heavy atom. The van der Waals surface area contributed by atoms with Crippen molar-refractivity contribution < 1.29 is 9.18 Å². The second-order valence-electron chi connectivity index (χ2n) is 4.46. The molecule has 1 amide bonds. The highest BCUT2D eigenvalue weighted by molar-refractivity contribution is 6.04. The van der Waals surface area contributed by atoms with Crippen molar-refractivity contribution in [3.8, 4) is 11.8 Å². The zero-order chi connectivity index (χ0) is 15.4. The highest BCUT2D eigenvalue weighted by Crippen LogP contribution is 2.16. The lowest BCUT2D eigenvalue weighted by Gasteiger charge is -2.05. The van der Waals surface area contributed by atoms with Crippen molar-refractivity contribution in [1.29, 1.82) is 0 Å². The summed E-state index contributed by atoms with van der Waals surface area (Å²) in [5, 5.41) is 6.80. The van der Waals surface area contributed by atoms with E-state index in [2.05, 4.69) is 22.3 Å². The molecule has 0 radical (unpaired) electrons. The number of hydrogen-bond acceptors (Lipinski definition) is 3. The molecule has 0 fully saturated rings. The molecular formula is C15H15FN4O. The number of hydrogen-bond donors (Lipinski definition) is 2. The van der Waals surface area contributed by atoms with Crippen molar-refractivity contribution in [2.24, 2.45) is 12.8 Å². The molecule has 0 unspecified atom stereocenters. The number of nitrogens with two attached hydrogens (primary N) is 1. The van der Waals surface area contributed by atoms with Gasteiger partial charge in [-0.3, -0.25) is 9.48 Å². The quantitative estimate of drug-likeness (QED) is 0.820. The molecule has 0 spiro atoms. The fourth-order valence-corrected chi connectivity index (χ4v) is 1.87. The Morgan fingerprint density at radius 2 is 2.29 bits per heavy atom. The topological polar surface area (TPSA) is 72.9 Å². The largest absolute Gasteiger partial charge is 0.322 e. The fourth-order valence-electron chi connectivity index (χ4n) is 1.87. The summed E-state index contributed by atoms with van der Waals surface area (Å²) in [5.41, 5.74) is 7.02. The Labute approximate surface area is 122 Å². The molecule has 1 aromatic carbocycles. The van der Waals surface area contributed by atoms with Gasteiger partial charge in [0.1, 0.15) is 5.82 Å². The number of carbonyl (C=O) groups is 1. The van der Waals surface area contributed by atoms with Crippen molar-refractivity contribution in [2.75, 3.05) is 11.9 Å². The van der Waals surface area contributed by atoms with E-state index >= 15 is 0 Å². The lowest BCUT2D eigenvalue weighted by molar-refractivity contribution is 0.102. The summed E-state index contributed by atoms with van der Waals surface area (Å²) in [6, 6.07) is 4.21. The Kier molecular flexibility index (Phi) is 4.36. The van der Waals surface area contributed by atoms with Crippen molar-refractivity contribution >= 4 is 11.6 Å². The van der Waals surface area contributed by atoms with Crippen LogP contribution in [0.25, 0.3) is 0 Å². The lowest BCUT2D eigenvalue weighted by atomic mass is 10.1. The number of aromatic nitrogens is 2. The first kappa shape index (κ1) is 14.8. The first-order valence-corrected chi connectivity index (χ1v) is 6.31. The molecule has 1 aromatic heterocycles. The lowest BCUT2D eigenvalue weighted by Crippen LogP contribution is -2.12. The highest BCUT2D eigenvalue weighted by Gasteiger charge is 2.13. The fraction of sp³-hybridized carbons (Fsp3) is 0.200. The third-order valence-electron chi connectivity index (χ3n) is 2.81. The summed E-state index contributed by atoms with van der Waals surface area (Å²) < 4.78 is 15.1. The molecule has 0 saturated heterocycles. The van der Waals surface area contributed by atoms with E-state index in [0.717, 1.165) is 0 Å². The van der Waals surface area contributed by atoms with Crippen LogP contribution in [0.5, 0.6) is 0 Å². The Bertz CT molecular complexity index is 740. The van der Waals surface area contributed by atoms with Crippen LogP contribution < -0.4 is 11.1 Å². The van der Waals surface area contributed by atoms with Crippen molar-refractivity contribution in [3.63, 3.8) is 0 Å². The van der Waals surface area contributed by atoms with Gasteiger partial charge in [-0.25, -0.2) is 4.39 Å². The van der Waals surface area contributed by atoms with Crippen LogP contribution in [0.15, 0.2) is 24.4 Å². The van der Waals surface area contributed by atoms with Crippen LogP contribution in [-0.4, -0.2) is 22.2 Å². The predicted octanol–water partition coefficient (Wildman–Crippen LogP) is 1.43. The van der Waals surface area contributed by atoms with Gasteiger partial charge in [-0.1, -0.05) is 11.8 Å². The number of nitrogens with one attached hydrogen (secondary N) is 1. The van der Waals surface area contributed by atoms with E-state index in [0.29, 0.717) is 16.9 Å². The SMILES string of the molecule is Cc1nn(C)cc1C(=O)Nc1ccc(F)c(C#CCN)c1. The number of amides is 1. The molecule has 2 rings (SSSR count). The molecule has 0 aliphatic rings. The van der Waals surface area contributed by atoms with Gasteiger partial charge in [-0.2, -0.15) is 5.10 Å². The van der Waals surface area contributed by atoms with Gasteiger partial charge in [0, 0.05) is 18.9 Å². The molecule has 2 aromatic rings. The second-order valence-corrected chi connectivity index (χ2v) is 4.46. The van der Waals surface area contributed by atoms with E-state index in [1.807, 2.05) is 0 Å². The molecule has 5 nitrogen and oxygen atoms in total. The van der Waals surface area contributed by atoms with E-state index < -0.39 is 5.82 Å². The first-order valence-electron chi connectivity index (χ1n) is 6.31. The summed E-state index contributed by atoms with van der Waals surface area (Å²) in [7, 11) is 1.74. The maximum atomic E-state index is 13.6. The summed E-state index contributed by atoms with van der Waals surface area (Å²) >= 11 is 0. The van der Waals surface area contributed by atoms with Gasteiger partial charge in [0.05, 0.1) is 23.4 Å². The Hall–Kier alpha value is -2.65. The van der Waals surface area contributed by atoms with Gasteiger partial charge >= 0.3 is 0 Å². The van der Waals surface area contributed by atoms with Gasteiger partial charge in [0.25, 0.3) is 5.91 Å². The standard InChI is InChI=1S/C15H15FN4O/c1-10-13(9-20(2)19-10)15(21)18-12-5-6-14(16)11(8-12)4-3-7-17/h5-6,8-9H,7,17H2,1-2H3,(H,18,21). The molecule has 108 valence electrons. The van der Waals surface area contributed by atoms with E-state index in [1.54, 1.807) is 24.9 Å². The molecular weight excluding hydrogens is 271 g/mol. The molecule has 6 heteroatoms. The Balaban J connectivity index is 2.23. The van der Waals surface area contributed by atoms with Crippen LogP contribution in [-0.2, 0) is 7.05 Å². The summed E-state index contributed by atoms with van der Waals surface area (Å²) in [4.78, 5) is 12.1. The Morgan fingerprint density at radius 1 is 1.52 bits per heavy atom. The van der Waals surface area contributed by atoms with Crippen molar-refractivity contribution in [1.82, 2.24) is 9.78 Å². The maximum Gasteiger partial charge on any atom is 0.259 e. The number of halogens is 1. The average Bonchev–Trinajstić information content (AvgIpc) is 2.78. The van der Waals surface area contributed by atoms with Crippen LogP contribution in [0.3, 0.4) is 0 Å². The van der Waals surface area contributed by atoms with Crippen LogP contribution in [0.1, 0.15) is 21.6 Å². The van der Waals surface area contributed by atoms with E-state index in [1.165, 1.54) is 18.2 Å². The van der Waals surface area contributed by atoms with Crippen LogP contribution in [0, 0.1) is 24.6 Å². The van der Waals surface area contributed by atoms with Crippen LogP contribution in [0.4, 0.5) is 10.1 Å². The van der Waals surface area contributed by atoms with Gasteiger partial charge in [0.15, 0.2) is 0 Å². The van der Waals surface area contributed by atoms with Gasteiger partial charge < -0.3 is 11.1 Å². The minimum absolute atomic E-state index is 0.144. The zero-order valence-electron chi connectivity index (χ0n) is 11.8. The monoisotopic (exact) mass is 286 g/mol. The van der Waals surface area contributed by atoms with Gasteiger partial charge in [-0.15, -0.1) is 0 Å². The minimum atomic E-state index is -0.452. The molecule has 0 atom stereocenters. The second kappa shape index (κ2) is 6.20. The third-order valence-corrected chi connectivity index (χ3v) is 2.81.